The van der Waals surface area contributed by atoms with Gasteiger partial charge in [-0.2, -0.15) is 0 Å². The Hall–Kier alpha value is -1.88. The number of aryl methyl sites for hydroxylation is 1. The molecule has 3 N–H and O–H groups in total. The van der Waals surface area contributed by atoms with Crippen molar-refractivity contribution < 1.29 is 19.8 Å². The summed E-state index contributed by atoms with van der Waals surface area (Å²) in [6.07, 6.45) is 0.150. The third-order valence-electron chi connectivity index (χ3n) is 2.66. The predicted molar refractivity (Wildman–Crippen MR) is 66.2 cm³/mol. The average molecular weight is 251 g/mol. The first-order valence-corrected chi connectivity index (χ1v) is 5.72. The maximum absolute atomic E-state index is 11.7. The van der Waals surface area contributed by atoms with Crippen LogP contribution in [0.4, 0.5) is 0 Å². The van der Waals surface area contributed by atoms with Crippen molar-refractivity contribution in [2.45, 2.75) is 25.8 Å². The molecule has 1 amide bonds. The lowest BCUT2D eigenvalue weighted by Gasteiger charge is -2.13. The zero-order valence-electron chi connectivity index (χ0n) is 10.2. The highest BCUT2D eigenvalue weighted by Gasteiger charge is 2.19. The van der Waals surface area contributed by atoms with E-state index in [-0.39, 0.29) is 25.4 Å². The van der Waals surface area contributed by atoms with Crippen molar-refractivity contribution >= 4 is 11.9 Å². The van der Waals surface area contributed by atoms with Crippen LogP contribution in [0, 0.1) is 6.92 Å². The minimum absolute atomic E-state index is 0.00877. The zero-order valence-corrected chi connectivity index (χ0v) is 10.2. The Morgan fingerprint density at radius 3 is 2.56 bits per heavy atom. The first-order chi connectivity index (χ1) is 8.54. The molecular formula is C13H17NO4. The van der Waals surface area contributed by atoms with Crippen molar-refractivity contribution in [1.29, 1.82) is 0 Å². The molecule has 0 unspecified atom stereocenters. The molecule has 5 heteroatoms. The zero-order chi connectivity index (χ0) is 13.5. The van der Waals surface area contributed by atoms with Gasteiger partial charge in [-0.3, -0.25) is 4.79 Å². The Balaban J connectivity index is 2.61. The minimum Gasteiger partial charge on any atom is -0.480 e. The van der Waals surface area contributed by atoms with Crippen LogP contribution in [0.1, 0.15) is 17.5 Å². The van der Waals surface area contributed by atoms with Crippen LogP contribution in [0.3, 0.4) is 0 Å². The summed E-state index contributed by atoms with van der Waals surface area (Å²) in [5.74, 6) is -1.49. The van der Waals surface area contributed by atoms with Crippen LogP contribution in [0.25, 0.3) is 0 Å². The van der Waals surface area contributed by atoms with E-state index in [9.17, 15) is 9.59 Å². The lowest BCUT2D eigenvalue weighted by molar-refractivity contribution is -0.142. The molecule has 0 saturated heterocycles. The standard InChI is InChI=1S/C13H17NO4/c1-9-4-2-3-5-10(9)8-12(16)14-11(6-7-15)13(17)18/h2-5,11,15H,6-8H2,1H3,(H,14,16)(H,17,18)/t11-/m0/s1. The average Bonchev–Trinajstić information content (AvgIpc) is 2.31. The van der Waals surface area contributed by atoms with Crippen LogP contribution < -0.4 is 5.32 Å². The summed E-state index contributed by atoms with van der Waals surface area (Å²) in [6.45, 7) is 1.62. The first-order valence-electron chi connectivity index (χ1n) is 5.72. The van der Waals surface area contributed by atoms with Crippen LogP contribution in [0.5, 0.6) is 0 Å². The number of nitrogens with one attached hydrogen (secondary N) is 1. The number of amides is 1. The van der Waals surface area contributed by atoms with Crippen LogP contribution in [0.2, 0.25) is 0 Å². The molecule has 0 aliphatic rings. The topological polar surface area (TPSA) is 86.6 Å². The summed E-state index contributed by atoms with van der Waals surface area (Å²) in [5.41, 5.74) is 1.85. The van der Waals surface area contributed by atoms with Gasteiger partial charge in [-0.1, -0.05) is 24.3 Å². The molecule has 1 atom stereocenters. The largest absolute Gasteiger partial charge is 0.480 e. The van der Waals surface area contributed by atoms with E-state index in [0.29, 0.717) is 0 Å². The number of rotatable bonds is 6. The summed E-state index contributed by atoms with van der Waals surface area (Å²) >= 11 is 0. The van der Waals surface area contributed by atoms with E-state index >= 15 is 0 Å². The summed E-state index contributed by atoms with van der Waals surface area (Å²) in [4.78, 5) is 22.5. The second-order valence-electron chi connectivity index (χ2n) is 4.07. The lowest BCUT2D eigenvalue weighted by atomic mass is 10.1. The van der Waals surface area contributed by atoms with E-state index in [2.05, 4.69) is 5.32 Å². The van der Waals surface area contributed by atoms with Gasteiger partial charge in [0.2, 0.25) is 5.91 Å². The maximum Gasteiger partial charge on any atom is 0.326 e. The molecule has 0 fully saturated rings. The Morgan fingerprint density at radius 1 is 1.33 bits per heavy atom. The molecule has 5 nitrogen and oxygen atoms in total. The van der Waals surface area contributed by atoms with Crippen molar-refractivity contribution in [2.24, 2.45) is 0 Å². The third kappa shape index (κ3) is 4.18. The number of carboxylic acid groups (broad SMARTS) is 1. The second-order valence-corrected chi connectivity index (χ2v) is 4.07. The Bertz CT molecular complexity index is 431. The van der Waals surface area contributed by atoms with Gasteiger partial charge in [0.05, 0.1) is 6.42 Å². The van der Waals surface area contributed by atoms with E-state index in [4.69, 9.17) is 10.2 Å². The summed E-state index contributed by atoms with van der Waals surface area (Å²) in [6, 6.07) is 6.40. The number of carboxylic acids is 1. The molecule has 1 rings (SSSR count). The molecule has 1 aromatic carbocycles. The van der Waals surface area contributed by atoms with Crippen molar-refractivity contribution in [1.82, 2.24) is 5.32 Å². The van der Waals surface area contributed by atoms with Gasteiger partial charge >= 0.3 is 5.97 Å². The van der Waals surface area contributed by atoms with Crippen LogP contribution in [-0.2, 0) is 16.0 Å². The number of aliphatic carboxylic acids is 1. The Kier molecular flexibility index (Phi) is 5.32. The number of hydrogen-bond donors (Lipinski definition) is 3. The van der Waals surface area contributed by atoms with Gasteiger partial charge in [-0.15, -0.1) is 0 Å². The van der Waals surface area contributed by atoms with E-state index < -0.39 is 12.0 Å². The molecule has 1 aromatic rings. The minimum atomic E-state index is -1.14. The van der Waals surface area contributed by atoms with E-state index in [1.807, 2.05) is 31.2 Å². The quantitative estimate of drug-likeness (QED) is 0.686. The smallest absolute Gasteiger partial charge is 0.326 e. The second kappa shape index (κ2) is 6.76. The summed E-state index contributed by atoms with van der Waals surface area (Å²) < 4.78 is 0. The van der Waals surface area contributed by atoms with Gasteiger partial charge in [0.25, 0.3) is 0 Å². The van der Waals surface area contributed by atoms with E-state index in [0.717, 1.165) is 11.1 Å². The SMILES string of the molecule is Cc1ccccc1CC(=O)N[C@@H](CCO)C(=O)O. The first kappa shape index (κ1) is 14.2. The fourth-order valence-corrected chi connectivity index (χ4v) is 1.61. The van der Waals surface area contributed by atoms with Gasteiger partial charge in [-0.05, 0) is 18.1 Å². The predicted octanol–water partition coefficient (Wildman–Crippen LogP) is 0.489. The maximum atomic E-state index is 11.7. The normalized spacial score (nSPS) is 11.9. The molecule has 0 saturated carbocycles. The number of aliphatic hydroxyl groups is 1. The van der Waals surface area contributed by atoms with E-state index in [1.165, 1.54) is 0 Å². The van der Waals surface area contributed by atoms with Gasteiger partial charge < -0.3 is 15.5 Å². The highest BCUT2D eigenvalue weighted by atomic mass is 16.4. The molecule has 0 spiro atoms. The molecule has 0 bridgehead atoms. The number of hydrogen-bond acceptors (Lipinski definition) is 3. The highest BCUT2D eigenvalue weighted by Crippen LogP contribution is 2.07. The summed E-state index contributed by atoms with van der Waals surface area (Å²) in [7, 11) is 0. The van der Waals surface area contributed by atoms with Crippen molar-refractivity contribution in [3.63, 3.8) is 0 Å². The van der Waals surface area contributed by atoms with Crippen molar-refractivity contribution in [3.05, 3.63) is 35.4 Å². The van der Waals surface area contributed by atoms with Gasteiger partial charge in [0, 0.05) is 13.0 Å². The molecular weight excluding hydrogens is 234 g/mol. The Morgan fingerprint density at radius 2 is 2.00 bits per heavy atom. The molecule has 0 heterocycles. The fraction of sp³-hybridized carbons (Fsp3) is 0.385. The monoisotopic (exact) mass is 251 g/mol. The fourth-order valence-electron chi connectivity index (χ4n) is 1.61. The van der Waals surface area contributed by atoms with E-state index in [1.54, 1.807) is 0 Å². The molecule has 0 aliphatic carbocycles. The van der Waals surface area contributed by atoms with Crippen molar-refractivity contribution in [3.8, 4) is 0 Å². The molecule has 0 aliphatic heterocycles. The third-order valence-corrected chi connectivity index (χ3v) is 2.66. The molecule has 98 valence electrons. The van der Waals surface area contributed by atoms with Crippen molar-refractivity contribution in [2.75, 3.05) is 6.61 Å². The Labute approximate surface area is 105 Å². The number of carbonyl (C=O) groups is 2. The molecule has 0 radical (unpaired) electrons. The van der Waals surface area contributed by atoms with Gasteiger partial charge in [0.1, 0.15) is 6.04 Å². The van der Waals surface area contributed by atoms with Crippen LogP contribution in [0.15, 0.2) is 24.3 Å². The van der Waals surface area contributed by atoms with Gasteiger partial charge in [-0.25, -0.2) is 4.79 Å². The lowest BCUT2D eigenvalue weighted by Crippen LogP contribution is -2.42. The number of benzene rings is 1. The number of carbonyl (C=O) groups excluding carboxylic acids is 1. The highest BCUT2D eigenvalue weighted by molar-refractivity contribution is 5.85. The molecule has 18 heavy (non-hydrogen) atoms. The van der Waals surface area contributed by atoms with Gasteiger partial charge in [0.15, 0.2) is 0 Å². The number of aliphatic hydroxyl groups excluding tert-OH is 1. The molecule has 0 aromatic heterocycles. The van der Waals surface area contributed by atoms with Crippen LogP contribution in [-0.4, -0.2) is 34.7 Å². The summed E-state index contributed by atoms with van der Waals surface area (Å²) in [5, 5.41) is 20.0. The van der Waals surface area contributed by atoms with Crippen LogP contribution >= 0.6 is 0 Å².